The highest BCUT2D eigenvalue weighted by Crippen LogP contribution is 2.31. The summed E-state index contributed by atoms with van der Waals surface area (Å²) in [7, 11) is 0. The number of aromatic carboxylic acids is 1. The number of anilines is 2. The molecule has 0 amide bonds. The number of piperidine rings is 1. The lowest BCUT2D eigenvalue weighted by Crippen LogP contribution is -2.39. The van der Waals surface area contributed by atoms with Crippen molar-refractivity contribution in [2.75, 3.05) is 24.1 Å². The van der Waals surface area contributed by atoms with E-state index in [2.05, 4.69) is 22.1 Å². The molecule has 5 rings (SSSR count). The molecule has 0 radical (unpaired) electrons. The van der Waals surface area contributed by atoms with Crippen LogP contribution >= 0.6 is 0 Å². The number of likely N-dealkylation sites (tertiary alicyclic amines) is 1. The molecule has 1 saturated heterocycles. The van der Waals surface area contributed by atoms with E-state index < -0.39 is 5.97 Å². The molecule has 0 unspecified atom stereocenters. The molecule has 1 fully saturated rings. The molecule has 1 aromatic carbocycles. The third kappa shape index (κ3) is 3.98. The van der Waals surface area contributed by atoms with Gasteiger partial charge in [-0.25, -0.2) is 9.78 Å². The van der Waals surface area contributed by atoms with Gasteiger partial charge in [0.1, 0.15) is 5.82 Å². The number of hydrogen-bond acceptors (Lipinski definition) is 7. The largest absolute Gasteiger partial charge is 0.478 e. The van der Waals surface area contributed by atoms with Crippen molar-refractivity contribution < 1.29 is 9.90 Å². The third-order valence-electron chi connectivity index (χ3n) is 6.70. The Kier molecular flexibility index (Phi) is 5.38. The first-order valence-corrected chi connectivity index (χ1v) is 11.2. The van der Waals surface area contributed by atoms with E-state index in [9.17, 15) is 4.79 Å². The lowest BCUT2D eigenvalue weighted by atomic mass is 10.0. The van der Waals surface area contributed by atoms with Gasteiger partial charge < -0.3 is 16.2 Å². The van der Waals surface area contributed by atoms with Gasteiger partial charge in [0, 0.05) is 31.4 Å². The Bertz CT molecular complexity index is 1170. The predicted molar refractivity (Wildman–Crippen MR) is 124 cm³/mol. The summed E-state index contributed by atoms with van der Waals surface area (Å²) in [5.74, 6) is 0.164. The Morgan fingerprint density at radius 1 is 1.16 bits per heavy atom. The van der Waals surface area contributed by atoms with Crippen LogP contribution in [0.2, 0.25) is 0 Å². The number of nitrogens with one attached hydrogen (secondary N) is 1. The van der Waals surface area contributed by atoms with Crippen molar-refractivity contribution in [3.63, 3.8) is 0 Å². The minimum absolute atomic E-state index is 0.285. The van der Waals surface area contributed by atoms with E-state index in [1.165, 1.54) is 11.1 Å². The van der Waals surface area contributed by atoms with Crippen LogP contribution in [0.3, 0.4) is 0 Å². The molecule has 2 aliphatic rings. The first kappa shape index (κ1) is 20.6. The maximum Gasteiger partial charge on any atom is 0.335 e. The van der Waals surface area contributed by atoms with Gasteiger partial charge in [-0.15, -0.1) is 0 Å². The monoisotopic (exact) mass is 432 g/mol. The number of aromatic nitrogens is 3. The highest BCUT2D eigenvalue weighted by atomic mass is 16.4. The zero-order chi connectivity index (χ0) is 22.2. The molecule has 32 heavy (non-hydrogen) atoms. The summed E-state index contributed by atoms with van der Waals surface area (Å²) in [5.41, 5.74) is 12.1. The zero-order valence-electron chi connectivity index (χ0n) is 18.3. The molecule has 1 aliphatic carbocycles. The number of pyridine rings is 1. The zero-order valence-corrected chi connectivity index (χ0v) is 18.3. The molecule has 0 spiro atoms. The average molecular weight is 433 g/mol. The number of nitrogen functional groups attached to an aromatic ring is 1. The van der Waals surface area contributed by atoms with Gasteiger partial charge in [-0.3, -0.25) is 4.90 Å². The van der Waals surface area contributed by atoms with E-state index in [0.29, 0.717) is 23.0 Å². The van der Waals surface area contributed by atoms with Crippen LogP contribution in [0.4, 0.5) is 11.8 Å². The van der Waals surface area contributed by atoms with Crippen LogP contribution in [0, 0.1) is 6.92 Å². The van der Waals surface area contributed by atoms with Crippen LogP contribution in [-0.4, -0.2) is 50.1 Å². The van der Waals surface area contributed by atoms with Gasteiger partial charge in [0.15, 0.2) is 5.65 Å². The summed E-state index contributed by atoms with van der Waals surface area (Å²) in [6, 6.07) is 7.40. The van der Waals surface area contributed by atoms with Crippen molar-refractivity contribution >= 4 is 28.8 Å². The van der Waals surface area contributed by atoms with Crippen LogP contribution in [0.5, 0.6) is 0 Å². The first-order chi connectivity index (χ1) is 15.5. The topological polar surface area (TPSA) is 117 Å². The van der Waals surface area contributed by atoms with Gasteiger partial charge in [-0.05, 0) is 67.9 Å². The van der Waals surface area contributed by atoms with Gasteiger partial charge in [-0.2, -0.15) is 9.97 Å². The standard InChI is InChI=1S/C24H28N6O2/c1-14-18-3-2-4-19(18)27-22-20(14)21(25)28-24(29-22)26-17-9-11-30(12-10-17)13-15-5-7-16(8-6-15)23(31)32/h5-8,17H,2-4,9-13H2,1H3,(H,31,32)(H3,25,26,27,28,29). The molecule has 166 valence electrons. The van der Waals surface area contributed by atoms with Gasteiger partial charge in [0.2, 0.25) is 5.95 Å². The Balaban J connectivity index is 1.23. The fourth-order valence-corrected chi connectivity index (χ4v) is 4.93. The van der Waals surface area contributed by atoms with Crippen molar-refractivity contribution in [3.05, 3.63) is 52.2 Å². The van der Waals surface area contributed by atoms with E-state index in [4.69, 9.17) is 20.8 Å². The average Bonchev–Trinajstić information content (AvgIpc) is 3.24. The van der Waals surface area contributed by atoms with Gasteiger partial charge in [0.25, 0.3) is 0 Å². The Labute approximate surface area is 186 Å². The number of carboxylic acid groups (broad SMARTS) is 1. The summed E-state index contributed by atoms with van der Waals surface area (Å²) in [6.45, 7) is 4.82. The predicted octanol–water partition coefficient (Wildman–Crippen LogP) is 3.18. The van der Waals surface area contributed by atoms with E-state index in [1.807, 2.05) is 12.1 Å². The Hall–Kier alpha value is -3.26. The number of carboxylic acids is 1. The number of benzene rings is 1. The van der Waals surface area contributed by atoms with Gasteiger partial charge in [0.05, 0.1) is 10.9 Å². The second-order valence-electron chi connectivity index (χ2n) is 8.84. The minimum atomic E-state index is -0.894. The molecule has 3 heterocycles. The smallest absolute Gasteiger partial charge is 0.335 e. The molecule has 4 N–H and O–H groups in total. The van der Waals surface area contributed by atoms with Crippen molar-refractivity contribution in [1.29, 1.82) is 0 Å². The number of nitrogens with zero attached hydrogens (tertiary/aromatic N) is 4. The highest BCUT2D eigenvalue weighted by Gasteiger charge is 2.23. The maximum atomic E-state index is 11.0. The van der Waals surface area contributed by atoms with Crippen LogP contribution in [-0.2, 0) is 19.4 Å². The third-order valence-corrected chi connectivity index (χ3v) is 6.70. The molecule has 0 saturated carbocycles. The normalized spacial score (nSPS) is 16.9. The molecular formula is C24H28N6O2. The van der Waals surface area contributed by atoms with E-state index in [1.54, 1.807) is 12.1 Å². The number of hydrogen-bond donors (Lipinski definition) is 3. The first-order valence-electron chi connectivity index (χ1n) is 11.2. The van der Waals surface area contributed by atoms with Crippen molar-refractivity contribution in [2.24, 2.45) is 0 Å². The number of carbonyl (C=O) groups is 1. The SMILES string of the molecule is Cc1c2c(nc3nc(NC4CCN(Cc5ccc(C(=O)O)cc5)CC4)nc(N)c13)CCC2. The fourth-order valence-electron chi connectivity index (χ4n) is 4.93. The minimum Gasteiger partial charge on any atom is -0.478 e. The highest BCUT2D eigenvalue weighted by molar-refractivity contribution is 5.90. The molecule has 8 heteroatoms. The van der Waals surface area contributed by atoms with E-state index in [-0.39, 0.29) is 6.04 Å². The second-order valence-corrected chi connectivity index (χ2v) is 8.84. The summed E-state index contributed by atoms with van der Waals surface area (Å²) < 4.78 is 0. The molecule has 1 aliphatic heterocycles. The lowest BCUT2D eigenvalue weighted by Gasteiger charge is -2.32. The molecule has 3 aromatic rings. The number of aryl methyl sites for hydroxylation is 2. The number of rotatable bonds is 5. The van der Waals surface area contributed by atoms with Crippen LogP contribution in [0.25, 0.3) is 11.0 Å². The Morgan fingerprint density at radius 2 is 1.91 bits per heavy atom. The molecular weight excluding hydrogens is 404 g/mol. The van der Waals surface area contributed by atoms with E-state index >= 15 is 0 Å². The lowest BCUT2D eigenvalue weighted by molar-refractivity contribution is 0.0697. The van der Waals surface area contributed by atoms with Crippen LogP contribution in [0.1, 0.15) is 52.0 Å². The summed E-state index contributed by atoms with van der Waals surface area (Å²) in [4.78, 5) is 27.4. The van der Waals surface area contributed by atoms with Crippen molar-refractivity contribution in [1.82, 2.24) is 19.9 Å². The Morgan fingerprint density at radius 3 is 2.62 bits per heavy atom. The molecule has 0 bridgehead atoms. The van der Waals surface area contributed by atoms with Crippen molar-refractivity contribution in [2.45, 2.75) is 51.6 Å². The maximum absolute atomic E-state index is 11.0. The van der Waals surface area contributed by atoms with Gasteiger partial charge >= 0.3 is 5.97 Å². The number of fused-ring (bicyclic) bond motifs is 2. The molecule has 2 aromatic heterocycles. The molecule has 0 atom stereocenters. The van der Waals surface area contributed by atoms with Crippen LogP contribution in [0.15, 0.2) is 24.3 Å². The second kappa shape index (κ2) is 8.35. The number of nitrogens with two attached hydrogens (primary N) is 1. The van der Waals surface area contributed by atoms with Gasteiger partial charge in [-0.1, -0.05) is 12.1 Å². The summed E-state index contributed by atoms with van der Waals surface area (Å²) in [5, 5.41) is 13.4. The van der Waals surface area contributed by atoms with Crippen LogP contribution < -0.4 is 11.1 Å². The quantitative estimate of drug-likeness (QED) is 0.563. The molecule has 8 nitrogen and oxygen atoms in total. The summed E-state index contributed by atoms with van der Waals surface area (Å²) >= 11 is 0. The van der Waals surface area contributed by atoms with Crippen molar-refractivity contribution in [3.8, 4) is 0 Å². The summed E-state index contributed by atoms with van der Waals surface area (Å²) in [6.07, 6.45) is 5.17. The van der Waals surface area contributed by atoms with E-state index in [0.717, 1.165) is 68.4 Å². The fraction of sp³-hybridized carbons (Fsp3) is 0.417.